The van der Waals surface area contributed by atoms with Crippen LogP contribution in [0.3, 0.4) is 0 Å². The molecular weight excluding hydrogens is 258 g/mol. The van der Waals surface area contributed by atoms with Crippen molar-refractivity contribution < 1.29 is 19.4 Å². The summed E-state index contributed by atoms with van der Waals surface area (Å²) < 4.78 is 5.20. The number of rotatable bonds is 4. The molecule has 0 aliphatic heterocycles. The maximum absolute atomic E-state index is 12.1. The van der Waals surface area contributed by atoms with Gasteiger partial charge in [-0.1, -0.05) is 6.07 Å². The molecule has 0 bridgehead atoms. The van der Waals surface area contributed by atoms with Gasteiger partial charge >= 0.3 is 5.97 Å². The van der Waals surface area contributed by atoms with Crippen LogP contribution in [0.25, 0.3) is 0 Å². The van der Waals surface area contributed by atoms with Gasteiger partial charge in [0.25, 0.3) is 5.91 Å². The number of hydrogen-bond donors (Lipinski definition) is 2. The number of carbonyl (C=O) groups is 2. The number of aryl methyl sites for hydroxylation is 1. The lowest BCUT2D eigenvalue weighted by molar-refractivity contribution is -0.141. The molecule has 0 heterocycles. The Labute approximate surface area is 117 Å². The smallest absolute Gasteiger partial charge is 0.306 e. The van der Waals surface area contributed by atoms with Crippen LogP contribution in [0.4, 0.5) is 0 Å². The molecule has 1 aromatic carbocycles. The molecular formula is C15H19NO4. The average Bonchev–Trinajstić information content (AvgIpc) is 2.88. The number of hydrogen-bond acceptors (Lipinski definition) is 3. The van der Waals surface area contributed by atoms with Gasteiger partial charge in [0.05, 0.1) is 13.0 Å². The first kappa shape index (κ1) is 14.4. The van der Waals surface area contributed by atoms with E-state index in [1.807, 2.05) is 13.0 Å². The molecule has 1 saturated carbocycles. The van der Waals surface area contributed by atoms with E-state index in [1.54, 1.807) is 19.2 Å². The van der Waals surface area contributed by atoms with Crippen LogP contribution in [0, 0.1) is 12.8 Å². The van der Waals surface area contributed by atoms with Crippen molar-refractivity contribution >= 4 is 11.9 Å². The number of amides is 1. The van der Waals surface area contributed by atoms with Gasteiger partial charge in [-0.25, -0.2) is 0 Å². The Morgan fingerprint density at radius 3 is 2.70 bits per heavy atom. The Morgan fingerprint density at radius 2 is 2.10 bits per heavy atom. The second-order valence-electron chi connectivity index (χ2n) is 5.20. The van der Waals surface area contributed by atoms with Gasteiger partial charge in [0, 0.05) is 11.6 Å². The molecule has 2 atom stereocenters. The first-order valence-electron chi connectivity index (χ1n) is 6.69. The van der Waals surface area contributed by atoms with Crippen LogP contribution in [0.5, 0.6) is 5.75 Å². The highest BCUT2D eigenvalue weighted by atomic mass is 16.5. The van der Waals surface area contributed by atoms with E-state index in [1.165, 1.54) is 0 Å². The normalized spacial score (nSPS) is 21.5. The zero-order valence-electron chi connectivity index (χ0n) is 11.7. The van der Waals surface area contributed by atoms with Crippen LogP contribution in [-0.2, 0) is 4.79 Å². The third-order valence-corrected chi connectivity index (χ3v) is 3.79. The highest BCUT2D eigenvalue weighted by Gasteiger charge is 2.30. The predicted octanol–water partition coefficient (Wildman–Crippen LogP) is 1.99. The topological polar surface area (TPSA) is 75.6 Å². The Kier molecular flexibility index (Phi) is 4.27. The van der Waals surface area contributed by atoms with Crippen molar-refractivity contribution in [2.24, 2.45) is 5.92 Å². The molecule has 1 aliphatic carbocycles. The zero-order chi connectivity index (χ0) is 14.7. The van der Waals surface area contributed by atoms with Crippen molar-refractivity contribution in [1.29, 1.82) is 0 Å². The number of carbonyl (C=O) groups excluding carboxylic acids is 1. The standard InChI is InChI=1S/C15H19NO4/c1-9-3-4-10(8-13(9)20-2)14(17)16-12-6-5-11(7-12)15(18)19/h3-4,8,11-12H,5-7H2,1-2H3,(H,16,17)(H,18,19)/t11-,12+/m1/s1. The average molecular weight is 277 g/mol. The van der Waals surface area contributed by atoms with Gasteiger partial charge in [-0.05, 0) is 43.9 Å². The molecule has 0 saturated heterocycles. The van der Waals surface area contributed by atoms with Crippen molar-refractivity contribution in [1.82, 2.24) is 5.32 Å². The van der Waals surface area contributed by atoms with Crippen LogP contribution in [-0.4, -0.2) is 30.1 Å². The van der Waals surface area contributed by atoms with E-state index >= 15 is 0 Å². The second kappa shape index (κ2) is 5.94. The zero-order valence-corrected chi connectivity index (χ0v) is 11.7. The summed E-state index contributed by atoms with van der Waals surface area (Å²) in [4.78, 5) is 23.0. The summed E-state index contributed by atoms with van der Waals surface area (Å²) >= 11 is 0. The molecule has 0 aromatic heterocycles. The van der Waals surface area contributed by atoms with Gasteiger partial charge < -0.3 is 15.2 Å². The number of ether oxygens (including phenoxy) is 1. The maximum atomic E-state index is 12.1. The molecule has 1 fully saturated rings. The Balaban J connectivity index is 2.00. The highest BCUT2D eigenvalue weighted by Crippen LogP contribution is 2.26. The summed E-state index contributed by atoms with van der Waals surface area (Å²) in [5, 5.41) is 11.8. The first-order valence-corrected chi connectivity index (χ1v) is 6.69. The molecule has 0 spiro atoms. The molecule has 0 unspecified atom stereocenters. The Morgan fingerprint density at radius 1 is 1.35 bits per heavy atom. The molecule has 2 rings (SSSR count). The summed E-state index contributed by atoms with van der Waals surface area (Å²) in [6, 6.07) is 5.23. The van der Waals surface area contributed by atoms with Gasteiger partial charge in [-0.3, -0.25) is 9.59 Å². The summed E-state index contributed by atoms with van der Waals surface area (Å²) in [7, 11) is 1.57. The molecule has 1 aromatic rings. The van der Waals surface area contributed by atoms with Crippen LogP contribution < -0.4 is 10.1 Å². The number of aliphatic carboxylic acids is 1. The van der Waals surface area contributed by atoms with E-state index in [0.29, 0.717) is 30.6 Å². The third kappa shape index (κ3) is 3.10. The molecule has 1 amide bonds. The fraction of sp³-hybridized carbons (Fsp3) is 0.467. The summed E-state index contributed by atoms with van der Waals surface area (Å²) in [6.07, 6.45) is 1.84. The van der Waals surface area contributed by atoms with Gasteiger partial charge in [0.2, 0.25) is 0 Å². The number of benzene rings is 1. The number of carboxylic acid groups (broad SMARTS) is 1. The first-order chi connectivity index (χ1) is 9.51. The van der Waals surface area contributed by atoms with Crippen LogP contribution in [0.1, 0.15) is 35.2 Å². The summed E-state index contributed by atoms with van der Waals surface area (Å²) in [5.41, 5.74) is 1.50. The quantitative estimate of drug-likeness (QED) is 0.882. The molecule has 5 heteroatoms. The fourth-order valence-electron chi connectivity index (χ4n) is 2.57. The monoisotopic (exact) mass is 277 g/mol. The number of carboxylic acids is 1. The Bertz CT molecular complexity index is 527. The van der Waals surface area contributed by atoms with Crippen molar-refractivity contribution in [2.75, 3.05) is 7.11 Å². The van der Waals surface area contributed by atoms with Crippen LogP contribution >= 0.6 is 0 Å². The minimum absolute atomic E-state index is 0.0594. The third-order valence-electron chi connectivity index (χ3n) is 3.79. The van der Waals surface area contributed by atoms with E-state index in [0.717, 1.165) is 5.56 Å². The Hall–Kier alpha value is -2.04. The fourth-order valence-corrected chi connectivity index (χ4v) is 2.57. The van der Waals surface area contributed by atoms with Gasteiger partial charge in [-0.15, -0.1) is 0 Å². The maximum Gasteiger partial charge on any atom is 0.306 e. The predicted molar refractivity (Wildman–Crippen MR) is 74.0 cm³/mol. The highest BCUT2D eigenvalue weighted by molar-refractivity contribution is 5.95. The lowest BCUT2D eigenvalue weighted by Gasteiger charge is -2.13. The molecule has 20 heavy (non-hydrogen) atoms. The summed E-state index contributed by atoms with van der Waals surface area (Å²) in [5.74, 6) is -0.626. The van der Waals surface area contributed by atoms with Gasteiger partial charge in [0.15, 0.2) is 0 Å². The molecule has 1 aliphatic rings. The lowest BCUT2D eigenvalue weighted by Crippen LogP contribution is -2.33. The molecule has 108 valence electrons. The summed E-state index contributed by atoms with van der Waals surface area (Å²) in [6.45, 7) is 1.91. The largest absolute Gasteiger partial charge is 0.496 e. The van der Waals surface area contributed by atoms with Crippen molar-refractivity contribution in [2.45, 2.75) is 32.2 Å². The molecule has 0 radical (unpaired) electrons. The van der Waals surface area contributed by atoms with Gasteiger partial charge in [0.1, 0.15) is 5.75 Å². The van der Waals surface area contributed by atoms with Gasteiger partial charge in [-0.2, -0.15) is 0 Å². The van der Waals surface area contributed by atoms with E-state index in [9.17, 15) is 9.59 Å². The number of nitrogens with one attached hydrogen (secondary N) is 1. The van der Waals surface area contributed by atoms with Crippen molar-refractivity contribution in [3.05, 3.63) is 29.3 Å². The molecule has 5 nitrogen and oxygen atoms in total. The van der Waals surface area contributed by atoms with Crippen molar-refractivity contribution in [3.63, 3.8) is 0 Å². The van der Waals surface area contributed by atoms with E-state index in [2.05, 4.69) is 5.32 Å². The molecule has 2 N–H and O–H groups in total. The van der Waals surface area contributed by atoms with Crippen LogP contribution in [0.2, 0.25) is 0 Å². The minimum atomic E-state index is -0.779. The van der Waals surface area contributed by atoms with E-state index in [4.69, 9.17) is 9.84 Å². The SMILES string of the molecule is COc1cc(C(=O)N[C@H]2CC[C@@H](C(=O)O)C2)ccc1C. The van der Waals surface area contributed by atoms with Crippen molar-refractivity contribution in [3.8, 4) is 5.75 Å². The van der Waals surface area contributed by atoms with E-state index in [-0.39, 0.29) is 17.9 Å². The van der Waals surface area contributed by atoms with Crippen LogP contribution in [0.15, 0.2) is 18.2 Å². The lowest BCUT2D eigenvalue weighted by atomic mass is 10.1. The number of methoxy groups -OCH3 is 1. The second-order valence-corrected chi connectivity index (χ2v) is 5.20. The van der Waals surface area contributed by atoms with E-state index < -0.39 is 5.97 Å². The minimum Gasteiger partial charge on any atom is -0.496 e.